The molecule has 0 aliphatic heterocycles. The van der Waals surface area contributed by atoms with Crippen LogP contribution in [0, 0.1) is 10.1 Å². The largest absolute Gasteiger partial charge is 0.482 e. The Labute approximate surface area is 224 Å². The third kappa shape index (κ3) is 5.75. The van der Waals surface area contributed by atoms with Crippen molar-refractivity contribution in [3.8, 4) is 5.75 Å². The first-order chi connectivity index (χ1) is 17.3. The molecule has 0 aliphatic carbocycles. The van der Waals surface area contributed by atoms with Crippen LogP contribution in [0.2, 0.25) is 10.0 Å². The van der Waals surface area contributed by atoms with Gasteiger partial charge in [-0.3, -0.25) is 14.9 Å². The van der Waals surface area contributed by atoms with Gasteiger partial charge in [-0.15, -0.1) is 0 Å². The molecule has 0 radical (unpaired) electrons. The molecule has 4 aromatic rings. The van der Waals surface area contributed by atoms with E-state index in [0.29, 0.717) is 44.3 Å². The summed E-state index contributed by atoms with van der Waals surface area (Å²) < 4.78 is 7.65. The molecule has 0 saturated carbocycles. The van der Waals surface area contributed by atoms with Crippen molar-refractivity contribution in [1.82, 2.24) is 9.66 Å². The Kier molecular flexibility index (Phi) is 8.03. The third-order valence-corrected chi connectivity index (χ3v) is 6.33. The Hall–Kier alpha value is -3.27. The smallest absolute Gasteiger partial charge is 0.311 e. The Morgan fingerprint density at radius 3 is 2.69 bits per heavy atom. The van der Waals surface area contributed by atoms with Crippen molar-refractivity contribution in [3.05, 3.63) is 107 Å². The van der Waals surface area contributed by atoms with Crippen LogP contribution in [0.15, 0.2) is 69.0 Å². The van der Waals surface area contributed by atoms with Gasteiger partial charge in [-0.2, -0.15) is 9.78 Å². The van der Waals surface area contributed by atoms with Crippen molar-refractivity contribution in [2.45, 2.75) is 26.4 Å². The Morgan fingerprint density at radius 1 is 1.17 bits per heavy atom. The van der Waals surface area contributed by atoms with Crippen LogP contribution in [0.5, 0.6) is 5.75 Å². The van der Waals surface area contributed by atoms with E-state index in [9.17, 15) is 14.9 Å². The van der Waals surface area contributed by atoms with Crippen molar-refractivity contribution >= 4 is 61.9 Å². The normalized spacial score (nSPS) is 11.3. The fourth-order valence-corrected chi connectivity index (χ4v) is 4.32. The van der Waals surface area contributed by atoms with Crippen molar-refractivity contribution in [2.24, 2.45) is 5.10 Å². The van der Waals surface area contributed by atoms with Gasteiger partial charge in [0.05, 0.1) is 22.0 Å². The number of hydrogen-bond acceptors (Lipinski definition) is 6. The van der Waals surface area contributed by atoms with E-state index in [1.807, 2.05) is 13.0 Å². The number of benzene rings is 3. The lowest BCUT2D eigenvalue weighted by molar-refractivity contribution is -0.385. The summed E-state index contributed by atoms with van der Waals surface area (Å²) >= 11 is 15.5. The summed E-state index contributed by atoms with van der Waals surface area (Å²) in [5.74, 6) is 0.576. The third-order valence-electron chi connectivity index (χ3n) is 5.25. The highest BCUT2D eigenvalue weighted by atomic mass is 79.9. The van der Waals surface area contributed by atoms with Crippen LogP contribution >= 0.6 is 39.1 Å². The van der Waals surface area contributed by atoms with E-state index in [2.05, 4.69) is 26.0 Å². The number of fused-ring (bicyclic) bond motifs is 1. The van der Waals surface area contributed by atoms with Gasteiger partial charge in [-0.25, -0.2) is 4.98 Å². The lowest BCUT2D eigenvalue weighted by Crippen LogP contribution is -2.22. The first-order valence-corrected chi connectivity index (χ1v) is 12.4. The number of ether oxygens (including phenoxy) is 1. The number of aryl methyl sites for hydroxylation is 1. The molecule has 1 aromatic heterocycles. The molecule has 0 fully saturated rings. The molecule has 0 amide bonds. The summed E-state index contributed by atoms with van der Waals surface area (Å²) in [7, 11) is 0. The van der Waals surface area contributed by atoms with Gasteiger partial charge in [0.15, 0.2) is 5.75 Å². The van der Waals surface area contributed by atoms with Gasteiger partial charge in [-0.1, -0.05) is 52.1 Å². The number of nitro groups is 1. The van der Waals surface area contributed by atoms with E-state index >= 15 is 0 Å². The molecule has 0 N–H and O–H groups in total. The highest BCUT2D eigenvalue weighted by molar-refractivity contribution is 9.10. The van der Waals surface area contributed by atoms with Crippen LogP contribution in [0.1, 0.15) is 30.3 Å². The Balaban J connectivity index is 1.66. The quantitative estimate of drug-likeness (QED) is 0.128. The molecule has 0 spiro atoms. The minimum Gasteiger partial charge on any atom is -0.482 e. The second-order valence-corrected chi connectivity index (χ2v) is 9.57. The summed E-state index contributed by atoms with van der Waals surface area (Å²) in [5, 5.41) is 17.3. The second kappa shape index (κ2) is 11.2. The van der Waals surface area contributed by atoms with Gasteiger partial charge in [0.25, 0.3) is 5.56 Å². The molecule has 184 valence electrons. The average Bonchev–Trinajstić information content (AvgIpc) is 2.84. The number of hydrogen-bond donors (Lipinski definition) is 0. The fourth-order valence-electron chi connectivity index (χ4n) is 3.50. The maximum absolute atomic E-state index is 13.1. The molecular formula is C25H19BrCl2N4O4. The van der Waals surface area contributed by atoms with Crippen molar-refractivity contribution in [1.29, 1.82) is 0 Å². The van der Waals surface area contributed by atoms with Gasteiger partial charge in [0.1, 0.15) is 12.4 Å². The lowest BCUT2D eigenvalue weighted by Gasteiger charge is -2.10. The van der Waals surface area contributed by atoms with E-state index in [1.165, 1.54) is 23.0 Å². The molecular weight excluding hydrogens is 571 g/mol. The SMILES string of the molecule is CCCc1nc2ccc(Br)cc2c(=O)n1N=Cc1ccc(OCc2ccc(Cl)cc2Cl)c([N+](=O)[O-])c1. The van der Waals surface area contributed by atoms with Gasteiger partial charge < -0.3 is 4.74 Å². The van der Waals surface area contributed by atoms with Gasteiger partial charge in [0, 0.05) is 38.1 Å². The Bertz CT molecular complexity index is 1560. The summed E-state index contributed by atoms with van der Waals surface area (Å²) in [6, 6.07) is 14.6. The lowest BCUT2D eigenvalue weighted by atomic mass is 10.2. The number of halogens is 3. The molecule has 0 atom stereocenters. The zero-order chi connectivity index (χ0) is 25.8. The molecule has 1 heterocycles. The fraction of sp³-hybridized carbons (Fsp3) is 0.160. The Morgan fingerprint density at radius 2 is 1.97 bits per heavy atom. The number of aromatic nitrogens is 2. The standard InChI is InChI=1S/C25H19BrCl2N4O4/c1-2-3-24-30-21-8-6-17(26)11-19(21)25(33)31(24)29-13-15-4-9-23(22(10-15)32(34)35)36-14-16-5-7-18(27)12-20(16)28/h4-13H,2-3,14H2,1H3. The highest BCUT2D eigenvalue weighted by Gasteiger charge is 2.17. The van der Waals surface area contributed by atoms with Gasteiger partial charge >= 0.3 is 5.69 Å². The predicted molar refractivity (Wildman–Crippen MR) is 145 cm³/mol. The molecule has 8 nitrogen and oxygen atoms in total. The maximum atomic E-state index is 13.1. The number of nitrogens with zero attached hydrogens (tertiary/aromatic N) is 4. The summed E-state index contributed by atoms with van der Waals surface area (Å²) in [5.41, 5.74) is 1.07. The molecule has 11 heteroatoms. The summed E-state index contributed by atoms with van der Waals surface area (Å²) in [6.45, 7) is 2.00. The van der Waals surface area contributed by atoms with E-state index in [-0.39, 0.29) is 23.6 Å². The van der Waals surface area contributed by atoms with Gasteiger partial charge in [0.2, 0.25) is 0 Å². The van der Waals surface area contributed by atoms with Crippen LogP contribution in [-0.4, -0.2) is 20.8 Å². The first kappa shape index (κ1) is 25.8. The molecule has 36 heavy (non-hydrogen) atoms. The number of rotatable bonds is 8. The van der Waals surface area contributed by atoms with E-state index in [1.54, 1.807) is 36.4 Å². The zero-order valence-corrected chi connectivity index (χ0v) is 22.0. The van der Waals surface area contributed by atoms with Crippen molar-refractivity contribution in [2.75, 3.05) is 0 Å². The van der Waals surface area contributed by atoms with Crippen molar-refractivity contribution < 1.29 is 9.66 Å². The second-order valence-electron chi connectivity index (χ2n) is 7.81. The molecule has 0 unspecified atom stereocenters. The van der Waals surface area contributed by atoms with Crippen molar-refractivity contribution in [3.63, 3.8) is 0 Å². The van der Waals surface area contributed by atoms with E-state index in [4.69, 9.17) is 27.9 Å². The first-order valence-electron chi connectivity index (χ1n) is 10.9. The molecule has 3 aromatic carbocycles. The van der Waals surface area contributed by atoms with Crippen LogP contribution in [0.3, 0.4) is 0 Å². The zero-order valence-electron chi connectivity index (χ0n) is 19.0. The topological polar surface area (TPSA) is 99.6 Å². The molecule has 0 aliphatic rings. The maximum Gasteiger partial charge on any atom is 0.311 e. The molecule has 4 rings (SSSR count). The minimum atomic E-state index is -0.542. The highest BCUT2D eigenvalue weighted by Crippen LogP contribution is 2.30. The predicted octanol–water partition coefficient (Wildman–Crippen LogP) is 6.79. The average molecular weight is 590 g/mol. The van der Waals surface area contributed by atoms with Crippen LogP contribution in [0.4, 0.5) is 5.69 Å². The van der Waals surface area contributed by atoms with Crippen LogP contribution in [0.25, 0.3) is 10.9 Å². The summed E-state index contributed by atoms with van der Waals surface area (Å²) in [6.07, 6.45) is 2.69. The van der Waals surface area contributed by atoms with E-state index in [0.717, 1.165) is 10.9 Å². The van der Waals surface area contributed by atoms with E-state index < -0.39 is 4.92 Å². The number of nitro benzene ring substituents is 1. The monoisotopic (exact) mass is 588 g/mol. The van der Waals surface area contributed by atoms with Crippen LogP contribution < -0.4 is 10.3 Å². The van der Waals surface area contributed by atoms with Crippen LogP contribution in [-0.2, 0) is 13.0 Å². The molecule has 0 saturated heterocycles. The van der Waals surface area contributed by atoms with Gasteiger partial charge in [-0.05, 0) is 48.9 Å². The molecule has 0 bridgehead atoms. The minimum absolute atomic E-state index is 0.0262. The summed E-state index contributed by atoms with van der Waals surface area (Å²) in [4.78, 5) is 28.9.